The number of nitrogens with one attached hydrogen (secondary N) is 1. The van der Waals surface area contributed by atoms with E-state index in [9.17, 15) is 8.78 Å². The lowest BCUT2D eigenvalue weighted by atomic mass is 10.1. The fourth-order valence-electron chi connectivity index (χ4n) is 3.38. The van der Waals surface area contributed by atoms with Gasteiger partial charge in [0.25, 0.3) is 0 Å². The number of para-hydroxylation sites is 1. The summed E-state index contributed by atoms with van der Waals surface area (Å²) in [5.74, 6) is -0.342. The number of ether oxygens (including phenoxy) is 2. The fourth-order valence-corrected chi connectivity index (χ4v) is 3.38. The average Bonchev–Trinajstić information content (AvgIpc) is 3.20. The first-order valence-electron chi connectivity index (χ1n) is 9.67. The Kier molecular flexibility index (Phi) is 6.17. The van der Waals surface area contributed by atoms with E-state index < -0.39 is 0 Å². The Bertz CT molecular complexity index is 930. The van der Waals surface area contributed by atoms with Gasteiger partial charge in [0.15, 0.2) is 11.6 Å². The van der Waals surface area contributed by atoms with Crippen molar-refractivity contribution >= 4 is 0 Å². The molecule has 1 saturated heterocycles. The van der Waals surface area contributed by atoms with Gasteiger partial charge < -0.3 is 9.47 Å². The summed E-state index contributed by atoms with van der Waals surface area (Å²) < 4.78 is 38.1. The van der Waals surface area contributed by atoms with Crippen LogP contribution in [0.15, 0.2) is 54.6 Å². The number of H-pyrrole nitrogens is 1. The van der Waals surface area contributed by atoms with Gasteiger partial charge in [0.1, 0.15) is 11.9 Å². The van der Waals surface area contributed by atoms with Crippen molar-refractivity contribution in [2.45, 2.75) is 19.1 Å². The maximum Gasteiger partial charge on any atom is 0.165 e. The molecule has 0 spiro atoms. The number of benzene rings is 2. The zero-order chi connectivity index (χ0) is 20.1. The van der Waals surface area contributed by atoms with Crippen molar-refractivity contribution in [3.05, 3.63) is 83.2 Å². The van der Waals surface area contributed by atoms with Crippen molar-refractivity contribution in [3.63, 3.8) is 0 Å². The number of nitrogens with zero attached hydrogens (tertiary/aromatic N) is 2. The maximum absolute atomic E-state index is 13.6. The van der Waals surface area contributed by atoms with Gasteiger partial charge in [-0.25, -0.2) is 8.78 Å². The van der Waals surface area contributed by atoms with Crippen LogP contribution in [0.5, 0.6) is 5.75 Å². The van der Waals surface area contributed by atoms with E-state index in [2.05, 4.69) is 15.1 Å². The third kappa shape index (κ3) is 5.19. The molecule has 2 heterocycles. The Morgan fingerprint density at radius 3 is 2.79 bits per heavy atom. The van der Waals surface area contributed by atoms with E-state index in [1.807, 2.05) is 18.2 Å². The molecule has 5 nitrogen and oxygen atoms in total. The molecular weight excluding hydrogens is 376 g/mol. The first kappa shape index (κ1) is 19.5. The van der Waals surface area contributed by atoms with Gasteiger partial charge in [-0.3, -0.25) is 10.00 Å². The summed E-state index contributed by atoms with van der Waals surface area (Å²) in [6.45, 7) is 3.25. The van der Waals surface area contributed by atoms with E-state index in [-0.39, 0.29) is 23.5 Å². The van der Waals surface area contributed by atoms with Gasteiger partial charge in [-0.15, -0.1) is 0 Å². The number of hydrogen-bond donors (Lipinski definition) is 1. The van der Waals surface area contributed by atoms with Gasteiger partial charge >= 0.3 is 0 Å². The molecule has 0 aliphatic carbocycles. The summed E-state index contributed by atoms with van der Waals surface area (Å²) in [4.78, 5) is 2.27. The van der Waals surface area contributed by atoms with Crippen molar-refractivity contribution in [2.24, 2.45) is 0 Å². The summed E-state index contributed by atoms with van der Waals surface area (Å²) in [5.41, 5.74) is 2.82. The van der Waals surface area contributed by atoms with E-state index in [1.54, 1.807) is 18.2 Å². The van der Waals surface area contributed by atoms with Crippen LogP contribution in [0.25, 0.3) is 0 Å². The third-order valence-electron chi connectivity index (χ3n) is 4.92. The first-order valence-corrected chi connectivity index (χ1v) is 9.67. The van der Waals surface area contributed by atoms with Crippen LogP contribution < -0.4 is 4.74 Å². The quantitative estimate of drug-likeness (QED) is 0.655. The standard InChI is InChI=1S/C22H23F2N3O2/c23-17-7-5-16(6-8-17)14-27-10-12-29-22(15-27)20-13-18(25-26-20)9-11-28-21-4-2-1-3-19(21)24/h1-8,13,22H,9-12,14-15H2,(H,25,26)/t22-/m0/s1. The molecule has 152 valence electrons. The molecule has 0 amide bonds. The maximum atomic E-state index is 13.6. The lowest BCUT2D eigenvalue weighted by Crippen LogP contribution is -2.37. The van der Waals surface area contributed by atoms with Crippen molar-refractivity contribution < 1.29 is 18.3 Å². The lowest BCUT2D eigenvalue weighted by Gasteiger charge is -2.32. The molecule has 0 unspecified atom stereocenters. The molecule has 2 aromatic carbocycles. The Hall–Kier alpha value is -2.77. The van der Waals surface area contributed by atoms with Crippen LogP contribution in [0.2, 0.25) is 0 Å². The lowest BCUT2D eigenvalue weighted by molar-refractivity contribution is -0.0350. The number of morpholine rings is 1. The van der Waals surface area contributed by atoms with Crippen molar-refractivity contribution in [1.82, 2.24) is 15.1 Å². The van der Waals surface area contributed by atoms with Gasteiger partial charge in [-0.05, 0) is 35.9 Å². The minimum atomic E-state index is -0.366. The largest absolute Gasteiger partial charge is 0.490 e. The van der Waals surface area contributed by atoms with Crippen molar-refractivity contribution in [3.8, 4) is 5.75 Å². The van der Waals surface area contributed by atoms with Gasteiger partial charge in [0.2, 0.25) is 0 Å². The van der Waals surface area contributed by atoms with Crippen LogP contribution in [0, 0.1) is 11.6 Å². The summed E-state index contributed by atoms with van der Waals surface area (Å²) in [5, 5.41) is 7.39. The molecule has 1 N–H and O–H groups in total. The van der Waals surface area contributed by atoms with Crippen LogP contribution in [0.4, 0.5) is 8.78 Å². The van der Waals surface area contributed by atoms with E-state index in [1.165, 1.54) is 18.2 Å². The summed E-state index contributed by atoms with van der Waals surface area (Å²) in [6.07, 6.45) is 0.467. The van der Waals surface area contributed by atoms with Crippen LogP contribution >= 0.6 is 0 Å². The fraction of sp³-hybridized carbons (Fsp3) is 0.318. The molecule has 1 fully saturated rings. The van der Waals surface area contributed by atoms with Gasteiger partial charge in [0, 0.05) is 31.7 Å². The minimum absolute atomic E-state index is 0.123. The summed E-state index contributed by atoms with van der Waals surface area (Å²) in [7, 11) is 0. The minimum Gasteiger partial charge on any atom is -0.490 e. The van der Waals surface area contributed by atoms with Crippen molar-refractivity contribution in [2.75, 3.05) is 26.3 Å². The van der Waals surface area contributed by atoms with Crippen LogP contribution in [0.3, 0.4) is 0 Å². The number of halogens is 2. The third-order valence-corrected chi connectivity index (χ3v) is 4.92. The molecule has 29 heavy (non-hydrogen) atoms. The number of hydrogen-bond acceptors (Lipinski definition) is 4. The molecule has 0 bridgehead atoms. The monoisotopic (exact) mass is 399 g/mol. The normalized spacial score (nSPS) is 17.4. The molecule has 1 aromatic heterocycles. The highest BCUT2D eigenvalue weighted by molar-refractivity contribution is 5.23. The van der Waals surface area contributed by atoms with E-state index in [0.717, 1.165) is 30.0 Å². The second-order valence-corrected chi connectivity index (χ2v) is 7.07. The Balaban J connectivity index is 1.30. The summed E-state index contributed by atoms with van der Waals surface area (Å²) >= 11 is 0. The molecule has 3 aromatic rings. The Morgan fingerprint density at radius 1 is 1.14 bits per heavy atom. The highest BCUT2D eigenvalue weighted by Gasteiger charge is 2.24. The molecule has 0 saturated carbocycles. The smallest absolute Gasteiger partial charge is 0.165 e. The zero-order valence-corrected chi connectivity index (χ0v) is 16.0. The summed E-state index contributed by atoms with van der Waals surface area (Å²) in [6, 6.07) is 14.9. The van der Waals surface area contributed by atoms with Gasteiger partial charge in [-0.2, -0.15) is 5.10 Å². The highest BCUT2D eigenvalue weighted by Crippen LogP contribution is 2.23. The SMILES string of the molecule is Fc1ccc(CN2CCO[C@H](c3cc(CCOc4ccccc4F)[nH]n3)C2)cc1. The van der Waals surface area contributed by atoms with Crippen LogP contribution in [-0.4, -0.2) is 41.4 Å². The number of rotatable bonds is 7. The molecular formula is C22H23F2N3O2. The van der Waals surface area contributed by atoms with Crippen LogP contribution in [0.1, 0.15) is 23.1 Å². The topological polar surface area (TPSA) is 50.4 Å². The second-order valence-electron chi connectivity index (χ2n) is 7.07. The Labute approximate surface area is 168 Å². The molecule has 0 radical (unpaired) electrons. The predicted octanol–water partition coefficient (Wildman–Crippen LogP) is 3.88. The van der Waals surface area contributed by atoms with Crippen LogP contribution in [-0.2, 0) is 17.7 Å². The zero-order valence-electron chi connectivity index (χ0n) is 16.0. The molecule has 7 heteroatoms. The van der Waals surface area contributed by atoms with E-state index in [4.69, 9.17) is 9.47 Å². The number of aromatic nitrogens is 2. The van der Waals surface area contributed by atoms with E-state index in [0.29, 0.717) is 26.2 Å². The molecule has 4 rings (SSSR count). The molecule has 1 aliphatic rings. The molecule has 1 atom stereocenters. The predicted molar refractivity (Wildman–Crippen MR) is 105 cm³/mol. The second kappa shape index (κ2) is 9.15. The van der Waals surface area contributed by atoms with E-state index >= 15 is 0 Å². The number of aromatic amines is 1. The van der Waals surface area contributed by atoms with Gasteiger partial charge in [-0.1, -0.05) is 24.3 Å². The van der Waals surface area contributed by atoms with Crippen molar-refractivity contribution in [1.29, 1.82) is 0 Å². The first-order chi connectivity index (χ1) is 14.2. The Morgan fingerprint density at radius 2 is 1.97 bits per heavy atom. The molecule has 1 aliphatic heterocycles. The highest BCUT2D eigenvalue weighted by atomic mass is 19.1. The van der Waals surface area contributed by atoms with Gasteiger partial charge in [0.05, 0.1) is 18.9 Å². The average molecular weight is 399 g/mol.